The lowest BCUT2D eigenvalue weighted by Gasteiger charge is -2.14. The molecule has 0 heterocycles. The first-order valence-electron chi connectivity index (χ1n) is 5.20. The first kappa shape index (κ1) is 12.3. The third-order valence-electron chi connectivity index (χ3n) is 2.55. The molecule has 2 aromatic carbocycles. The van der Waals surface area contributed by atoms with E-state index in [1.54, 1.807) is 18.2 Å². The van der Waals surface area contributed by atoms with Crippen molar-refractivity contribution in [1.82, 2.24) is 0 Å². The largest absolute Gasteiger partial charge is 0.417 e. The summed E-state index contributed by atoms with van der Waals surface area (Å²) in [6, 6.07) is 9.80. The van der Waals surface area contributed by atoms with Crippen LogP contribution >= 0.6 is 0 Å². The quantitative estimate of drug-likeness (QED) is 0.763. The van der Waals surface area contributed by atoms with Crippen molar-refractivity contribution in [3.8, 4) is 11.1 Å². The zero-order chi connectivity index (χ0) is 13.3. The number of halogens is 3. The highest BCUT2D eigenvalue weighted by atomic mass is 19.4. The van der Waals surface area contributed by atoms with Gasteiger partial charge in [0, 0.05) is 11.4 Å². The Morgan fingerprint density at radius 3 is 2.11 bits per heavy atom. The van der Waals surface area contributed by atoms with Gasteiger partial charge < -0.3 is 11.5 Å². The Morgan fingerprint density at radius 2 is 1.50 bits per heavy atom. The number of hydrogen-bond acceptors (Lipinski definition) is 2. The van der Waals surface area contributed by atoms with Gasteiger partial charge >= 0.3 is 6.18 Å². The van der Waals surface area contributed by atoms with Crippen LogP contribution in [0, 0.1) is 0 Å². The van der Waals surface area contributed by atoms with Gasteiger partial charge in [0.15, 0.2) is 0 Å². The highest BCUT2D eigenvalue weighted by Crippen LogP contribution is 2.38. The van der Waals surface area contributed by atoms with Gasteiger partial charge in [-0.1, -0.05) is 12.1 Å². The molecule has 0 spiro atoms. The van der Waals surface area contributed by atoms with Crippen LogP contribution in [0.4, 0.5) is 24.5 Å². The molecule has 0 radical (unpaired) electrons. The van der Waals surface area contributed by atoms with Crippen molar-refractivity contribution >= 4 is 11.4 Å². The van der Waals surface area contributed by atoms with E-state index < -0.39 is 11.7 Å². The summed E-state index contributed by atoms with van der Waals surface area (Å²) in [5.41, 5.74) is 11.5. The monoisotopic (exact) mass is 252 g/mol. The molecular formula is C13H11F3N2. The van der Waals surface area contributed by atoms with E-state index in [1.165, 1.54) is 18.2 Å². The van der Waals surface area contributed by atoms with E-state index in [-0.39, 0.29) is 11.3 Å². The van der Waals surface area contributed by atoms with Gasteiger partial charge in [-0.2, -0.15) is 13.2 Å². The van der Waals surface area contributed by atoms with Gasteiger partial charge in [-0.15, -0.1) is 0 Å². The minimum Gasteiger partial charge on any atom is -0.399 e. The molecule has 2 nitrogen and oxygen atoms in total. The standard InChI is InChI=1S/C13H11F3N2/c14-13(15,16)12-5-4-10(18)7-11(12)8-2-1-3-9(17)6-8/h1-7H,17-18H2. The Morgan fingerprint density at radius 1 is 0.833 bits per heavy atom. The molecule has 0 bridgehead atoms. The molecule has 0 aliphatic rings. The summed E-state index contributed by atoms with van der Waals surface area (Å²) in [6.07, 6.45) is -4.42. The average Bonchev–Trinajstić information content (AvgIpc) is 2.27. The Balaban J connectivity index is 2.66. The minimum atomic E-state index is -4.42. The highest BCUT2D eigenvalue weighted by Gasteiger charge is 2.33. The molecule has 0 atom stereocenters. The average molecular weight is 252 g/mol. The molecule has 5 heteroatoms. The van der Waals surface area contributed by atoms with Crippen LogP contribution < -0.4 is 11.5 Å². The topological polar surface area (TPSA) is 52.0 Å². The Kier molecular flexibility index (Phi) is 2.90. The van der Waals surface area contributed by atoms with Gasteiger partial charge in [-0.05, 0) is 41.5 Å². The van der Waals surface area contributed by atoms with Crippen LogP contribution in [-0.4, -0.2) is 0 Å². The van der Waals surface area contributed by atoms with Gasteiger partial charge in [0.25, 0.3) is 0 Å². The van der Waals surface area contributed by atoms with Crippen LogP contribution in [0.15, 0.2) is 42.5 Å². The lowest BCUT2D eigenvalue weighted by atomic mass is 9.98. The van der Waals surface area contributed by atoms with Crippen molar-refractivity contribution in [2.24, 2.45) is 0 Å². The van der Waals surface area contributed by atoms with Crippen molar-refractivity contribution in [1.29, 1.82) is 0 Å². The van der Waals surface area contributed by atoms with E-state index in [2.05, 4.69) is 0 Å². The number of rotatable bonds is 1. The smallest absolute Gasteiger partial charge is 0.399 e. The van der Waals surface area contributed by atoms with Crippen LogP contribution in [0.1, 0.15) is 5.56 Å². The lowest BCUT2D eigenvalue weighted by Crippen LogP contribution is -2.07. The summed E-state index contributed by atoms with van der Waals surface area (Å²) in [7, 11) is 0. The van der Waals surface area contributed by atoms with Gasteiger partial charge in [0.2, 0.25) is 0 Å². The third kappa shape index (κ3) is 2.40. The number of alkyl halides is 3. The molecule has 0 saturated heterocycles. The molecule has 94 valence electrons. The maximum atomic E-state index is 12.9. The second kappa shape index (κ2) is 4.25. The molecule has 0 unspecified atom stereocenters. The number of benzene rings is 2. The molecule has 0 saturated carbocycles. The number of nitrogens with two attached hydrogens (primary N) is 2. The fraction of sp³-hybridized carbons (Fsp3) is 0.0769. The molecule has 0 aromatic heterocycles. The molecule has 0 amide bonds. The molecule has 2 aromatic rings. The van der Waals surface area contributed by atoms with Gasteiger partial charge in [-0.25, -0.2) is 0 Å². The van der Waals surface area contributed by atoms with Crippen LogP contribution in [0.5, 0.6) is 0 Å². The first-order valence-corrected chi connectivity index (χ1v) is 5.20. The number of hydrogen-bond donors (Lipinski definition) is 2. The Hall–Kier alpha value is -2.17. The van der Waals surface area contributed by atoms with Crippen LogP contribution in [0.3, 0.4) is 0 Å². The predicted molar refractivity (Wildman–Crippen MR) is 65.7 cm³/mol. The normalized spacial score (nSPS) is 11.5. The zero-order valence-electron chi connectivity index (χ0n) is 9.33. The second-order valence-corrected chi connectivity index (χ2v) is 3.93. The predicted octanol–water partition coefficient (Wildman–Crippen LogP) is 3.54. The minimum absolute atomic E-state index is 0.0369. The van der Waals surface area contributed by atoms with E-state index in [1.807, 2.05) is 0 Å². The highest BCUT2D eigenvalue weighted by molar-refractivity contribution is 5.73. The Bertz CT molecular complexity index is 577. The van der Waals surface area contributed by atoms with Gasteiger partial charge in [0.1, 0.15) is 0 Å². The van der Waals surface area contributed by atoms with Crippen molar-refractivity contribution in [2.45, 2.75) is 6.18 Å². The van der Waals surface area contributed by atoms with Crippen molar-refractivity contribution < 1.29 is 13.2 Å². The first-order chi connectivity index (χ1) is 8.38. The maximum absolute atomic E-state index is 12.9. The molecule has 18 heavy (non-hydrogen) atoms. The molecule has 0 aliphatic carbocycles. The number of nitrogen functional groups attached to an aromatic ring is 2. The van der Waals surface area contributed by atoms with E-state index in [9.17, 15) is 13.2 Å². The molecular weight excluding hydrogens is 241 g/mol. The van der Waals surface area contributed by atoms with Gasteiger partial charge in [-0.3, -0.25) is 0 Å². The SMILES string of the molecule is Nc1cccc(-c2cc(N)ccc2C(F)(F)F)c1. The molecule has 4 N–H and O–H groups in total. The van der Waals surface area contributed by atoms with Crippen LogP contribution in [0.25, 0.3) is 11.1 Å². The van der Waals surface area contributed by atoms with Crippen molar-refractivity contribution in [3.63, 3.8) is 0 Å². The summed E-state index contributed by atoms with van der Waals surface area (Å²) < 4.78 is 38.7. The molecule has 0 fully saturated rings. The maximum Gasteiger partial charge on any atom is 0.417 e. The van der Waals surface area contributed by atoms with Gasteiger partial charge in [0.05, 0.1) is 5.56 Å². The van der Waals surface area contributed by atoms with Crippen LogP contribution in [0.2, 0.25) is 0 Å². The van der Waals surface area contributed by atoms with Crippen molar-refractivity contribution in [3.05, 3.63) is 48.0 Å². The summed E-state index contributed by atoms with van der Waals surface area (Å²) in [6.45, 7) is 0. The molecule has 0 aliphatic heterocycles. The summed E-state index contributed by atoms with van der Waals surface area (Å²) >= 11 is 0. The van der Waals surface area contributed by atoms with Crippen molar-refractivity contribution in [2.75, 3.05) is 11.5 Å². The molecule has 2 rings (SSSR count). The fourth-order valence-electron chi connectivity index (χ4n) is 1.75. The summed E-state index contributed by atoms with van der Waals surface area (Å²) in [5.74, 6) is 0. The Labute approximate surface area is 102 Å². The van der Waals surface area contributed by atoms with E-state index in [0.29, 0.717) is 11.3 Å². The third-order valence-corrected chi connectivity index (χ3v) is 2.55. The summed E-state index contributed by atoms with van der Waals surface area (Å²) in [5, 5.41) is 0. The van der Waals surface area contributed by atoms with E-state index in [4.69, 9.17) is 11.5 Å². The zero-order valence-corrected chi connectivity index (χ0v) is 9.33. The fourth-order valence-corrected chi connectivity index (χ4v) is 1.75. The van der Waals surface area contributed by atoms with Crippen LogP contribution in [-0.2, 0) is 6.18 Å². The second-order valence-electron chi connectivity index (χ2n) is 3.93. The lowest BCUT2D eigenvalue weighted by molar-refractivity contribution is -0.137. The summed E-state index contributed by atoms with van der Waals surface area (Å²) in [4.78, 5) is 0. The van der Waals surface area contributed by atoms with E-state index in [0.717, 1.165) is 6.07 Å². The number of anilines is 2. The van der Waals surface area contributed by atoms with E-state index >= 15 is 0 Å².